The molecule has 0 radical (unpaired) electrons. The van der Waals surface area contributed by atoms with Crippen molar-refractivity contribution in [1.82, 2.24) is 10.2 Å². The van der Waals surface area contributed by atoms with Gasteiger partial charge in [0.1, 0.15) is 0 Å². The van der Waals surface area contributed by atoms with E-state index < -0.39 is 5.41 Å². The summed E-state index contributed by atoms with van der Waals surface area (Å²) in [6.07, 6.45) is 1.39. The molecule has 1 heterocycles. The lowest BCUT2D eigenvalue weighted by Crippen LogP contribution is -2.47. The van der Waals surface area contributed by atoms with Gasteiger partial charge in [-0.25, -0.2) is 4.79 Å². The normalized spacial score (nSPS) is 17.9. The number of likely N-dealkylation sites (tertiary alicyclic amines) is 1. The van der Waals surface area contributed by atoms with Gasteiger partial charge in [0.15, 0.2) is 0 Å². The maximum Gasteiger partial charge on any atom is 0.317 e. The molecule has 0 saturated carbocycles. The fourth-order valence-corrected chi connectivity index (χ4v) is 2.47. The summed E-state index contributed by atoms with van der Waals surface area (Å²) in [6.45, 7) is 1.25. The number of carbonyl (C=O) groups excluding carboxylic acids is 1. The maximum atomic E-state index is 11.5. The second-order valence-electron chi connectivity index (χ2n) is 4.60. The van der Waals surface area contributed by atoms with Crippen LogP contribution in [0.3, 0.4) is 0 Å². The molecule has 0 atom stereocenters. The van der Waals surface area contributed by atoms with E-state index in [0.717, 1.165) is 5.56 Å². The number of benzene rings is 1. The first-order valence-electron chi connectivity index (χ1n) is 6.15. The average Bonchev–Trinajstić information content (AvgIpc) is 2.47. The standard InChI is InChI=1S/C14H17N3O/c1-16-13(18)17-9-7-14(11-15,8-10-17)12-5-3-2-4-6-12/h2-6H,7-10H2,1H3,(H,16,18). The second kappa shape index (κ2) is 5.09. The van der Waals surface area contributed by atoms with Crippen molar-refractivity contribution in [3.8, 4) is 6.07 Å². The van der Waals surface area contributed by atoms with Crippen molar-refractivity contribution >= 4 is 6.03 Å². The topological polar surface area (TPSA) is 56.1 Å². The number of hydrogen-bond acceptors (Lipinski definition) is 2. The molecule has 2 rings (SSSR count). The number of piperidine rings is 1. The van der Waals surface area contributed by atoms with Gasteiger partial charge in [0, 0.05) is 20.1 Å². The summed E-state index contributed by atoms with van der Waals surface area (Å²) in [4.78, 5) is 13.3. The highest BCUT2D eigenvalue weighted by Gasteiger charge is 2.37. The van der Waals surface area contributed by atoms with Crippen LogP contribution in [0.2, 0.25) is 0 Å². The Balaban J connectivity index is 2.15. The van der Waals surface area contributed by atoms with Gasteiger partial charge in [0.05, 0.1) is 11.5 Å². The Morgan fingerprint density at radius 1 is 1.33 bits per heavy atom. The van der Waals surface area contributed by atoms with Gasteiger partial charge >= 0.3 is 6.03 Å². The number of urea groups is 1. The highest BCUT2D eigenvalue weighted by molar-refractivity contribution is 5.74. The Morgan fingerprint density at radius 2 is 1.94 bits per heavy atom. The molecular weight excluding hydrogens is 226 g/mol. The SMILES string of the molecule is CNC(=O)N1CCC(C#N)(c2ccccc2)CC1. The Hall–Kier alpha value is -2.02. The predicted octanol–water partition coefficient (Wildman–Crippen LogP) is 1.88. The van der Waals surface area contributed by atoms with Crippen molar-refractivity contribution in [2.45, 2.75) is 18.3 Å². The van der Waals surface area contributed by atoms with E-state index in [-0.39, 0.29) is 6.03 Å². The Bertz CT molecular complexity index is 456. The zero-order valence-corrected chi connectivity index (χ0v) is 10.5. The fraction of sp³-hybridized carbons (Fsp3) is 0.429. The van der Waals surface area contributed by atoms with E-state index >= 15 is 0 Å². The minimum atomic E-state index is -0.439. The molecule has 4 nitrogen and oxygen atoms in total. The van der Waals surface area contributed by atoms with Gasteiger partial charge in [0.25, 0.3) is 0 Å². The second-order valence-corrected chi connectivity index (χ2v) is 4.60. The molecule has 0 unspecified atom stereocenters. The fourth-order valence-electron chi connectivity index (χ4n) is 2.47. The van der Waals surface area contributed by atoms with Crippen LogP contribution in [0.1, 0.15) is 18.4 Å². The van der Waals surface area contributed by atoms with Gasteiger partial charge in [-0.1, -0.05) is 30.3 Å². The van der Waals surface area contributed by atoms with Crippen LogP contribution in [0.5, 0.6) is 0 Å². The quantitative estimate of drug-likeness (QED) is 0.818. The van der Waals surface area contributed by atoms with E-state index in [1.807, 2.05) is 30.3 Å². The maximum absolute atomic E-state index is 11.5. The largest absolute Gasteiger partial charge is 0.341 e. The first kappa shape index (κ1) is 12.4. The molecule has 1 fully saturated rings. The van der Waals surface area contributed by atoms with Crippen molar-refractivity contribution in [2.75, 3.05) is 20.1 Å². The van der Waals surface area contributed by atoms with Crippen LogP contribution in [0, 0.1) is 11.3 Å². The van der Waals surface area contributed by atoms with Crippen LogP contribution in [0.15, 0.2) is 30.3 Å². The van der Waals surface area contributed by atoms with Crippen LogP contribution in [0.4, 0.5) is 4.79 Å². The summed E-state index contributed by atoms with van der Waals surface area (Å²) in [6, 6.07) is 12.3. The van der Waals surface area contributed by atoms with E-state index in [9.17, 15) is 10.1 Å². The number of nitriles is 1. The van der Waals surface area contributed by atoms with Gasteiger partial charge in [-0.2, -0.15) is 5.26 Å². The van der Waals surface area contributed by atoms with Gasteiger partial charge in [-0.3, -0.25) is 0 Å². The number of carbonyl (C=O) groups is 1. The Morgan fingerprint density at radius 3 is 2.44 bits per heavy atom. The summed E-state index contributed by atoms with van der Waals surface area (Å²) >= 11 is 0. The third-order valence-corrected chi connectivity index (χ3v) is 3.66. The minimum Gasteiger partial charge on any atom is -0.341 e. The highest BCUT2D eigenvalue weighted by Crippen LogP contribution is 2.34. The first-order valence-corrected chi connectivity index (χ1v) is 6.15. The molecule has 0 aromatic heterocycles. The average molecular weight is 243 g/mol. The van der Waals surface area contributed by atoms with Crippen LogP contribution in [-0.4, -0.2) is 31.1 Å². The molecule has 0 aliphatic carbocycles. The molecule has 1 aliphatic heterocycles. The molecule has 2 amide bonds. The van der Waals surface area contributed by atoms with Crippen LogP contribution in [-0.2, 0) is 5.41 Å². The Labute approximate surface area is 107 Å². The highest BCUT2D eigenvalue weighted by atomic mass is 16.2. The third kappa shape index (κ3) is 2.17. The molecule has 94 valence electrons. The number of amides is 2. The molecule has 1 aromatic rings. The summed E-state index contributed by atoms with van der Waals surface area (Å²) < 4.78 is 0. The smallest absolute Gasteiger partial charge is 0.317 e. The van der Waals surface area contributed by atoms with Crippen molar-refractivity contribution in [1.29, 1.82) is 5.26 Å². The zero-order chi connectivity index (χ0) is 13.0. The molecule has 18 heavy (non-hydrogen) atoms. The summed E-state index contributed by atoms with van der Waals surface area (Å²) in [5.74, 6) is 0. The summed E-state index contributed by atoms with van der Waals surface area (Å²) in [7, 11) is 1.63. The molecule has 1 aliphatic rings. The van der Waals surface area contributed by atoms with E-state index in [4.69, 9.17) is 0 Å². The monoisotopic (exact) mass is 243 g/mol. The zero-order valence-electron chi connectivity index (χ0n) is 10.5. The minimum absolute atomic E-state index is 0.0606. The van der Waals surface area contributed by atoms with Gasteiger partial charge in [-0.15, -0.1) is 0 Å². The van der Waals surface area contributed by atoms with Crippen LogP contribution < -0.4 is 5.32 Å². The van der Waals surface area contributed by atoms with Crippen molar-refractivity contribution in [3.05, 3.63) is 35.9 Å². The van der Waals surface area contributed by atoms with E-state index in [2.05, 4.69) is 11.4 Å². The van der Waals surface area contributed by atoms with Gasteiger partial charge < -0.3 is 10.2 Å². The van der Waals surface area contributed by atoms with Crippen molar-refractivity contribution in [3.63, 3.8) is 0 Å². The number of nitrogens with one attached hydrogen (secondary N) is 1. The molecule has 4 heteroatoms. The van der Waals surface area contributed by atoms with Crippen molar-refractivity contribution in [2.24, 2.45) is 0 Å². The van der Waals surface area contributed by atoms with Crippen LogP contribution in [0.25, 0.3) is 0 Å². The lowest BCUT2D eigenvalue weighted by molar-refractivity contribution is 0.173. The van der Waals surface area contributed by atoms with Gasteiger partial charge in [-0.05, 0) is 18.4 Å². The number of rotatable bonds is 1. The number of nitrogens with zero attached hydrogens (tertiary/aromatic N) is 2. The molecule has 1 saturated heterocycles. The molecular formula is C14H17N3O. The third-order valence-electron chi connectivity index (χ3n) is 3.66. The van der Waals surface area contributed by atoms with E-state index in [1.54, 1.807) is 11.9 Å². The van der Waals surface area contributed by atoms with Crippen molar-refractivity contribution < 1.29 is 4.79 Å². The first-order chi connectivity index (χ1) is 8.72. The summed E-state index contributed by atoms with van der Waals surface area (Å²) in [5.41, 5.74) is 0.621. The molecule has 1 N–H and O–H groups in total. The predicted molar refractivity (Wildman–Crippen MR) is 69.0 cm³/mol. The lowest BCUT2D eigenvalue weighted by Gasteiger charge is -2.37. The lowest BCUT2D eigenvalue weighted by atomic mass is 9.74. The van der Waals surface area contributed by atoms with E-state index in [1.165, 1.54) is 0 Å². The molecule has 0 spiro atoms. The molecule has 0 bridgehead atoms. The van der Waals surface area contributed by atoms with Crippen LogP contribution >= 0.6 is 0 Å². The molecule has 1 aromatic carbocycles. The number of hydrogen-bond donors (Lipinski definition) is 1. The van der Waals surface area contributed by atoms with E-state index in [0.29, 0.717) is 25.9 Å². The Kier molecular flexibility index (Phi) is 3.52. The van der Waals surface area contributed by atoms with Gasteiger partial charge in [0.2, 0.25) is 0 Å². The summed E-state index contributed by atoms with van der Waals surface area (Å²) in [5, 5.41) is 12.1.